The third-order valence-corrected chi connectivity index (χ3v) is 14.9. The van der Waals surface area contributed by atoms with Gasteiger partial charge in [0, 0.05) is 86.6 Å². The number of nitrogens with one attached hydrogen (secondary N) is 10. The van der Waals surface area contributed by atoms with E-state index in [4.69, 9.17) is 15.3 Å². The van der Waals surface area contributed by atoms with Gasteiger partial charge in [-0.05, 0) is 104 Å². The Morgan fingerprint density at radius 2 is 0.683 bits per heavy atom. The van der Waals surface area contributed by atoms with Crippen molar-refractivity contribution in [2.75, 3.05) is 22.6 Å². The number of hydrogen-bond acceptors (Lipinski definition) is 18. The molecule has 0 saturated heterocycles. The highest BCUT2D eigenvalue weighted by molar-refractivity contribution is 5.94. The lowest BCUT2D eigenvalue weighted by Crippen LogP contribution is -2.51. The van der Waals surface area contributed by atoms with Crippen LogP contribution in [0, 0.1) is 0 Å². The Balaban J connectivity index is 1.61. The number of alkyl halides is 1. The minimum atomic E-state index is -1.67. The first-order chi connectivity index (χ1) is 47.7. The highest BCUT2D eigenvalue weighted by atomic mass is 19.1. The van der Waals surface area contributed by atoms with Gasteiger partial charge in [-0.2, -0.15) is 0 Å². The number of carbonyl (C=O) groups is 16. The van der Waals surface area contributed by atoms with Gasteiger partial charge in [0.25, 0.3) is 0 Å². The Labute approximate surface area is 571 Å². The number of aryl methyl sites for hydroxylation is 1. The highest BCUT2D eigenvalue weighted by Crippen LogP contribution is 2.28. The van der Waals surface area contributed by atoms with Crippen molar-refractivity contribution in [3.05, 3.63) is 101 Å². The van der Waals surface area contributed by atoms with Crippen LogP contribution >= 0.6 is 0 Å². The second-order valence-electron chi connectivity index (χ2n) is 22.9. The summed E-state index contributed by atoms with van der Waals surface area (Å²) < 4.78 is 14.2. The van der Waals surface area contributed by atoms with Crippen LogP contribution in [0.25, 0.3) is 0 Å². The zero-order valence-electron chi connectivity index (χ0n) is 53.7. The summed E-state index contributed by atoms with van der Waals surface area (Å²) in [6.45, 7) is -1.19. The summed E-state index contributed by atoms with van der Waals surface area (Å²) in [4.78, 5) is 198. The number of rotatable bonds is 45. The minimum absolute atomic E-state index is 0.0976. The molecule has 0 aliphatic rings. The smallest absolute Gasteiger partial charge is 0.326 e. The maximum Gasteiger partial charge on any atom is 0.326 e. The monoisotopic (exact) mass is 1420 g/mol. The number of nitrogens with zero attached hydrogens (tertiary/aromatic N) is 3. The molecule has 0 aliphatic heterocycles. The lowest BCUT2D eigenvalue weighted by Gasteiger charge is -2.35. The van der Waals surface area contributed by atoms with Gasteiger partial charge >= 0.3 is 71.8 Å². The molecule has 0 aliphatic carbocycles. The summed E-state index contributed by atoms with van der Waals surface area (Å²) >= 11 is 0. The number of carbonyl (C=O) groups excluding carboxylic acids is 7. The Morgan fingerprint density at radius 3 is 0.950 bits per heavy atom. The average molecular weight is 1420 g/mol. The molecule has 0 bridgehead atoms. The summed E-state index contributed by atoms with van der Waals surface area (Å²) in [5.74, 6) is -16.2. The third kappa shape index (κ3) is 30.7. The van der Waals surface area contributed by atoms with Crippen molar-refractivity contribution in [1.29, 1.82) is 0 Å². The molecule has 546 valence electrons. The lowest BCUT2D eigenvalue weighted by molar-refractivity contribution is -0.142. The minimum Gasteiger partial charge on any atom is -0.481 e. The molecule has 6 atom stereocenters. The number of anilines is 3. The van der Waals surface area contributed by atoms with E-state index in [0.717, 1.165) is 4.68 Å². The molecule has 0 saturated carbocycles. The van der Waals surface area contributed by atoms with Crippen LogP contribution < -0.4 is 53.2 Å². The molecule has 0 radical (unpaired) electrons. The van der Waals surface area contributed by atoms with Crippen molar-refractivity contribution in [2.24, 2.45) is 0 Å². The van der Waals surface area contributed by atoms with Crippen molar-refractivity contribution in [1.82, 2.24) is 52.2 Å². The van der Waals surface area contributed by atoms with E-state index >= 15 is 0 Å². The number of carboxylic acids is 9. The molecule has 101 heavy (non-hydrogen) atoms. The van der Waals surface area contributed by atoms with E-state index in [9.17, 15) is 112 Å². The zero-order valence-corrected chi connectivity index (χ0v) is 53.7. The fraction of sp³-hybridized carbons (Fsp3) is 0.419. The molecular weight excluding hydrogens is 1350 g/mol. The number of amides is 10. The Bertz CT molecular complexity index is 3310. The molecule has 0 spiro atoms. The van der Waals surface area contributed by atoms with E-state index in [1.54, 1.807) is 0 Å². The van der Waals surface area contributed by atoms with Crippen LogP contribution in [-0.2, 0) is 94.6 Å². The first-order valence-electron chi connectivity index (χ1n) is 30.9. The fourth-order valence-corrected chi connectivity index (χ4v) is 9.68. The Morgan fingerprint density at radius 1 is 0.396 bits per heavy atom. The molecule has 4 rings (SSSR count). The predicted octanol–water partition coefficient (Wildman–Crippen LogP) is 1.13. The summed E-state index contributed by atoms with van der Waals surface area (Å²) in [5.41, 5.74) is 0.0301. The predicted molar refractivity (Wildman–Crippen MR) is 343 cm³/mol. The molecule has 39 heteroatoms. The average Bonchev–Trinajstić information content (AvgIpc) is 1.77. The summed E-state index contributed by atoms with van der Waals surface area (Å²) in [6.07, 6.45) is -5.02. The van der Waals surface area contributed by atoms with Gasteiger partial charge in [-0.25, -0.2) is 47.8 Å². The van der Waals surface area contributed by atoms with Crippen LogP contribution in [0.1, 0.15) is 106 Å². The van der Waals surface area contributed by atoms with Crippen LogP contribution in [0.4, 0.5) is 35.8 Å². The van der Waals surface area contributed by atoms with Gasteiger partial charge in [0.1, 0.15) is 42.8 Å². The molecule has 0 fully saturated rings. The standard InChI is InChI=1S/C62H76FN13O25/c63-27-1-2-39-31-76(75-74-39)32-49(80)73-62(24-21-46(77)64-36-9-3-33(4-10-36)28-43(56(93)94)70-59(99)67-40(53(87)88)15-18-50(81)82,25-22-47(78)65-37-11-5-34(6-12-37)29-44(57(95)96)71-60(100)68-41(54(89)90)16-19-51(83)84)26-23-48(79)66-38-13-7-35(8-14-38)30-45(58(97)98)72-61(101)69-42(55(91)92)17-20-52(85)86/h3-14,31,40-45H,1-2,15-30,32H2,(H,64,77)(H,65,78)(H,66,79)(H,73,80)(H,81,82)(H,83,84)(H,85,86)(H,87,88)(H,89,90)(H,91,92)(H,93,94)(H,95,96)(H,97,98)(H2,67,70,99)(H2,68,71,100)(H2,69,72,101)/t40?,41?,42?,43-,44-,45-,62?/m0/s1. The van der Waals surface area contributed by atoms with Crippen molar-refractivity contribution < 1.29 is 127 Å². The largest absolute Gasteiger partial charge is 0.481 e. The quantitative estimate of drug-likeness (QED) is 0.0295. The normalized spacial score (nSPS) is 13.2. The number of halogens is 1. The maximum atomic E-state index is 14.2. The Hall–Kier alpha value is -12.3. The molecule has 3 aromatic carbocycles. The van der Waals surface area contributed by atoms with Crippen molar-refractivity contribution in [3.8, 4) is 0 Å². The van der Waals surface area contributed by atoms with Crippen LogP contribution in [-0.4, -0.2) is 205 Å². The molecule has 19 N–H and O–H groups in total. The number of carboxylic acid groups (broad SMARTS) is 9. The first kappa shape index (κ1) is 81.1. The number of urea groups is 3. The SMILES string of the molecule is O=C(O)CCC(NC(=O)N[C@@H](Cc1ccc(NC(=O)CCC(CCC(=O)Nc2ccc(C[C@H](NC(=O)NC(CCC(=O)O)C(=O)O)C(=O)O)cc2)(CCC(=O)Nc2ccc(C[C@H](NC(=O)NC(CCC(=O)O)C(=O)O)C(=O)O)cc2)NC(=O)Cn2cc(CCCF)nn2)cc1)C(=O)O)C(=O)O. The van der Waals surface area contributed by atoms with Gasteiger partial charge in [-0.15, -0.1) is 5.10 Å². The van der Waals surface area contributed by atoms with Crippen LogP contribution in [0.2, 0.25) is 0 Å². The van der Waals surface area contributed by atoms with Crippen LogP contribution in [0.5, 0.6) is 0 Å². The van der Waals surface area contributed by atoms with E-state index in [1.807, 2.05) is 16.0 Å². The Kier molecular flexibility index (Phi) is 32.4. The molecule has 10 amide bonds. The van der Waals surface area contributed by atoms with E-state index in [2.05, 4.69) is 47.5 Å². The molecule has 4 aromatic rings. The lowest BCUT2D eigenvalue weighted by atomic mass is 9.83. The number of benzene rings is 3. The van der Waals surface area contributed by atoms with Crippen LogP contribution in [0.3, 0.4) is 0 Å². The van der Waals surface area contributed by atoms with Crippen LogP contribution in [0.15, 0.2) is 79.0 Å². The number of hydrogen-bond donors (Lipinski definition) is 19. The molecule has 38 nitrogen and oxygen atoms in total. The van der Waals surface area contributed by atoms with E-state index in [0.29, 0.717) is 22.4 Å². The summed E-state index contributed by atoms with van der Waals surface area (Å²) in [7, 11) is 0. The van der Waals surface area contributed by atoms with Gasteiger partial charge in [-0.3, -0.25) is 38.0 Å². The van der Waals surface area contributed by atoms with E-state index in [1.165, 1.54) is 79.0 Å². The maximum absolute atomic E-state index is 14.2. The second kappa shape index (κ2) is 40.4. The topological polar surface area (TPSA) is 606 Å². The van der Waals surface area contributed by atoms with Gasteiger partial charge in [0.2, 0.25) is 23.6 Å². The second-order valence-corrected chi connectivity index (χ2v) is 22.9. The zero-order chi connectivity index (χ0) is 74.9. The molecule has 1 heterocycles. The van der Waals surface area contributed by atoms with E-state index < -0.39 is 208 Å². The van der Waals surface area contributed by atoms with Gasteiger partial charge < -0.3 is 99.1 Å². The van der Waals surface area contributed by atoms with Crippen molar-refractivity contribution in [3.63, 3.8) is 0 Å². The molecule has 3 unspecified atom stereocenters. The summed E-state index contributed by atoms with van der Waals surface area (Å²) in [6, 6.07) is 3.10. The molecule has 1 aromatic heterocycles. The van der Waals surface area contributed by atoms with E-state index in [-0.39, 0.29) is 68.4 Å². The van der Waals surface area contributed by atoms with Crippen molar-refractivity contribution in [2.45, 2.75) is 157 Å². The van der Waals surface area contributed by atoms with Crippen molar-refractivity contribution >= 4 is 113 Å². The molecular formula is C62H76FN13O25. The summed E-state index contributed by atoms with van der Waals surface area (Å²) in [5, 5.41) is 116. The highest BCUT2D eigenvalue weighted by Gasteiger charge is 2.35. The fourth-order valence-electron chi connectivity index (χ4n) is 9.68. The first-order valence-corrected chi connectivity index (χ1v) is 30.9. The van der Waals surface area contributed by atoms with Gasteiger partial charge in [0.15, 0.2) is 0 Å². The van der Waals surface area contributed by atoms with Gasteiger partial charge in [-0.1, -0.05) is 41.6 Å². The number of aromatic nitrogens is 3. The third-order valence-electron chi connectivity index (χ3n) is 14.9. The van der Waals surface area contributed by atoms with Gasteiger partial charge in [0.05, 0.1) is 12.4 Å². The number of aliphatic carboxylic acids is 9.